The quantitative estimate of drug-likeness (QED) is 0.570. The van der Waals surface area contributed by atoms with Gasteiger partial charge in [0.1, 0.15) is 6.09 Å². The zero-order valence-corrected chi connectivity index (χ0v) is 12.6. The third-order valence-electron chi connectivity index (χ3n) is 2.31. The van der Waals surface area contributed by atoms with Crippen molar-refractivity contribution in [2.45, 2.75) is 32.4 Å². The molecule has 1 aromatic rings. The smallest absolute Gasteiger partial charge is 0.530 e. The summed E-state index contributed by atoms with van der Waals surface area (Å²) in [5.74, 6) is 0. The molecule has 0 aliphatic rings. The Hall–Kier alpha value is -0.550. The number of nitrogens with one attached hydrogen (secondary N) is 1. The standard InChI is InChI=1S/C12H18N2O2.Na/c1-12(2,14-11(15)16)7-9-4-3-5-10(6-9)8-13;/h3-6,14H,7-8,13H2,1-2H3,(H,15,16);/q;+1/p-1. The predicted molar refractivity (Wildman–Crippen MR) is 60.6 cm³/mol. The van der Waals surface area contributed by atoms with E-state index in [2.05, 4.69) is 5.32 Å². The number of carbonyl (C=O) groups excluding carboxylic acids is 1. The minimum Gasteiger partial charge on any atom is -0.530 e. The summed E-state index contributed by atoms with van der Waals surface area (Å²) in [4.78, 5) is 10.5. The van der Waals surface area contributed by atoms with Gasteiger partial charge in [-0.1, -0.05) is 24.3 Å². The molecule has 88 valence electrons. The summed E-state index contributed by atoms with van der Waals surface area (Å²) in [6.45, 7) is 4.12. The van der Waals surface area contributed by atoms with Crippen molar-refractivity contribution in [2.75, 3.05) is 0 Å². The van der Waals surface area contributed by atoms with Crippen LogP contribution in [0.3, 0.4) is 0 Å². The van der Waals surface area contributed by atoms with Gasteiger partial charge in [-0.05, 0) is 31.4 Å². The summed E-state index contributed by atoms with van der Waals surface area (Å²) in [6.07, 6.45) is -0.644. The van der Waals surface area contributed by atoms with E-state index >= 15 is 0 Å². The van der Waals surface area contributed by atoms with Crippen LogP contribution in [0.25, 0.3) is 0 Å². The summed E-state index contributed by atoms with van der Waals surface area (Å²) in [6, 6.07) is 7.81. The van der Waals surface area contributed by atoms with Gasteiger partial charge in [-0.25, -0.2) is 0 Å². The number of benzene rings is 1. The Morgan fingerprint density at radius 1 is 1.41 bits per heavy atom. The van der Waals surface area contributed by atoms with Crippen molar-refractivity contribution in [3.8, 4) is 0 Å². The number of carboxylic acid groups (broad SMARTS) is 1. The zero-order chi connectivity index (χ0) is 12.2. The van der Waals surface area contributed by atoms with Crippen LogP contribution in [-0.4, -0.2) is 11.6 Å². The van der Waals surface area contributed by atoms with E-state index in [-0.39, 0.29) is 29.6 Å². The molecular formula is C12H17N2NaO2. The number of rotatable bonds is 4. The molecule has 1 amide bonds. The molecule has 5 heteroatoms. The van der Waals surface area contributed by atoms with Crippen LogP contribution in [0.1, 0.15) is 25.0 Å². The molecule has 4 nitrogen and oxygen atoms in total. The van der Waals surface area contributed by atoms with Crippen molar-refractivity contribution in [3.63, 3.8) is 0 Å². The van der Waals surface area contributed by atoms with Crippen molar-refractivity contribution < 1.29 is 39.5 Å². The molecule has 0 aliphatic carbocycles. The average Bonchev–Trinajstić information content (AvgIpc) is 2.15. The average molecular weight is 244 g/mol. The van der Waals surface area contributed by atoms with Gasteiger partial charge in [0.05, 0.1) is 0 Å². The van der Waals surface area contributed by atoms with Gasteiger partial charge in [0.25, 0.3) is 0 Å². The fourth-order valence-corrected chi connectivity index (χ4v) is 1.70. The van der Waals surface area contributed by atoms with E-state index in [0.717, 1.165) is 11.1 Å². The van der Waals surface area contributed by atoms with Crippen LogP contribution in [0.15, 0.2) is 24.3 Å². The van der Waals surface area contributed by atoms with Crippen LogP contribution < -0.4 is 45.7 Å². The van der Waals surface area contributed by atoms with E-state index in [9.17, 15) is 9.90 Å². The van der Waals surface area contributed by atoms with Gasteiger partial charge in [0, 0.05) is 12.1 Å². The van der Waals surface area contributed by atoms with Crippen molar-refractivity contribution >= 4 is 6.09 Å². The first-order chi connectivity index (χ1) is 7.43. The number of carbonyl (C=O) groups is 1. The normalized spacial score (nSPS) is 10.5. The molecule has 0 heterocycles. The van der Waals surface area contributed by atoms with Crippen LogP contribution in [-0.2, 0) is 13.0 Å². The summed E-state index contributed by atoms with van der Waals surface area (Å²) in [5.41, 5.74) is 7.11. The van der Waals surface area contributed by atoms with Crippen LogP contribution in [0.2, 0.25) is 0 Å². The van der Waals surface area contributed by atoms with Crippen LogP contribution in [0.5, 0.6) is 0 Å². The summed E-state index contributed by atoms with van der Waals surface area (Å²) in [7, 11) is 0. The molecule has 3 N–H and O–H groups in total. The molecule has 0 bridgehead atoms. The molecule has 0 fully saturated rings. The van der Waals surface area contributed by atoms with Gasteiger partial charge in [-0.2, -0.15) is 0 Å². The van der Waals surface area contributed by atoms with E-state index in [1.54, 1.807) is 0 Å². The molecule has 0 aromatic heterocycles. The molecule has 1 aromatic carbocycles. The Kier molecular flexibility index (Phi) is 6.78. The Morgan fingerprint density at radius 3 is 2.53 bits per heavy atom. The predicted octanol–water partition coefficient (Wildman–Crippen LogP) is -2.60. The summed E-state index contributed by atoms with van der Waals surface area (Å²) < 4.78 is 0. The molecular weight excluding hydrogens is 227 g/mol. The largest absolute Gasteiger partial charge is 1.00 e. The topological polar surface area (TPSA) is 78.2 Å². The van der Waals surface area contributed by atoms with Crippen LogP contribution >= 0.6 is 0 Å². The van der Waals surface area contributed by atoms with E-state index in [1.807, 2.05) is 38.1 Å². The Balaban J connectivity index is 0.00000256. The molecule has 0 atom stereocenters. The Labute approximate surface area is 124 Å². The molecule has 0 unspecified atom stereocenters. The summed E-state index contributed by atoms with van der Waals surface area (Å²) in [5, 5.41) is 12.9. The maximum absolute atomic E-state index is 10.5. The van der Waals surface area contributed by atoms with Crippen LogP contribution in [0.4, 0.5) is 4.79 Å². The Bertz CT molecular complexity index is 381. The van der Waals surface area contributed by atoms with Gasteiger partial charge >= 0.3 is 29.6 Å². The van der Waals surface area contributed by atoms with Crippen LogP contribution in [0, 0.1) is 0 Å². The first-order valence-electron chi connectivity index (χ1n) is 5.20. The van der Waals surface area contributed by atoms with Crippen molar-refractivity contribution in [3.05, 3.63) is 35.4 Å². The maximum atomic E-state index is 10.5. The minimum absolute atomic E-state index is 0. The molecule has 0 saturated heterocycles. The minimum atomic E-state index is -1.25. The third kappa shape index (κ3) is 6.07. The maximum Gasteiger partial charge on any atom is 1.00 e. The van der Waals surface area contributed by atoms with Crippen molar-refractivity contribution in [2.24, 2.45) is 5.73 Å². The second-order valence-corrected chi connectivity index (χ2v) is 4.50. The van der Waals surface area contributed by atoms with Gasteiger partial charge in [0.15, 0.2) is 0 Å². The van der Waals surface area contributed by atoms with Crippen molar-refractivity contribution in [1.82, 2.24) is 5.32 Å². The first kappa shape index (κ1) is 16.4. The van der Waals surface area contributed by atoms with E-state index in [0.29, 0.717) is 13.0 Å². The fourth-order valence-electron chi connectivity index (χ4n) is 1.70. The number of hydrogen-bond donors (Lipinski definition) is 2. The SMILES string of the molecule is CC(C)(Cc1cccc(CN)c1)NC(=O)[O-].[Na+]. The molecule has 0 spiro atoms. The molecule has 17 heavy (non-hydrogen) atoms. The fraction of sp³-hybridized carbons (Fsp3) is 0.417. The van der Waals surface area contributed by atoms with Gasteiger partial charge in [0.2, 0.25) is 0 Å². The molecule has 1 rings (SSSR count). The molecule has 0 radical (unpaired) electrons. The number of nitrogens with two attached hydrogens (primary N) is 1. The summed E-state index contributed by atoms with van der Waals surface area (Å²) >= 11 is 0. The number of amides is 1. The number of hydrogen-bond acceptors (Lipinski definition) is 3. The Morgan fingerprint density at radius 2 is 2.00 bits per heavy atom. The van der Waals surface area contributed by atoms with E-state index in [4.69, 9.17) is 5.73 Å². The first-order valence-corrected chi connectivity index (χ1v) is 5.20. The molecule has 0 saturated carbocycles. The van der Waals surface area contributed by atoms with Gasteiger partial charge < -0.3 is 21.0 Å². The van der Waals surface area contributed by atoms with Crippen molar-refractivity contribution in [1.29, 1.82) is 0 Å². The van der Waals surface area contributed by atoms with Gasteiger partial charge in [-0.3, -0.25) is 0 Å². The second-order valence-electron chi connectivity index (χ2n) is 4.50. The zero-order valence-electron chi connectivity index (χ0n) is 10.6. The van der Waals surface area contributed by atoms with E-state index < -0.39 is 11.6 Å². The molecule has 0 aliphatic heterocycles. The van der Waals surface area contributed by atoms with E-state index in [1.165, 1.54) is 0 Å². The van der Waals surface area contributed by atoms with Gasteiger partial charge in [-0.15, -0.1) is 0 Å². The third-order valence-corrected chi connectivity index (χ3v) is 2.31. The monoisotopic (exact) mass is 244 g/mol. The second kappa shape index (κ2) is 7.01.